The Kier molecular flexibility index (Phi) is 3.13. The first-order valence-electron chi connectivity index (χ1n) is 4.09. The summed E-state index contributed by atoms with van der Waals surface area (Å²) in [5, 5.41) is 3.89. The Bertz CT molecular complexity index is 292. The molecule has 0 bridgehead atoms. The van der Waals surface area contributed by atoms with Gasteiger partial charge in [0.1, 0.15) is 12.2 Å². The Morgan fingerprint density at radius 3 is 2.77 bits per heavy atom. The minimum Gasteiger partial charge on any atom is -0.302 e. The number of nitrogens with zero attached hydrogens (tertiary/aromatic N) is 4. The number of ketones is 1. The van der Waals surface area contributed by atoms with Gasteiger partial charge in [-0.1, -0.05) is 0 Å². The van der Waals surface area contributed by atoms with Crippen LogP contribution < -0.4 is 0 Å². The molecule has 0 aliphatic heterocycles. The molecule has 0 unspecified atom stereocenters. The van der Waals surface area contributed by atoms with Gasteiger partial charge in [0.25, 0.3) is 0 Å². The first-order chi connectivity index (χ1) is 6.09. The molecule has 1 aromatic rings. The minimum absolute atomic E-state index is 0.154. The first-order valence-corrected chi connectivity index (χ1v) is 4.09. The number of aryl methyl sites for hydroxylation is 1. The quantitative estimate of drug-likeness (QED) is 0.629. The van der Waals surface area contributed by atoms with Gasteiger partial charge in [-0.3, -0.25) is 9.48 Å². The maximum Gasteiger partial charge on any atom is 0.154 e. The van der Waals surface area contributed by atoms with Crippen LogP contribution in [0.1, 0.15) is 5.82 Å². The molecule has 72 valence electrons. The van der Waals surface area contributed by atoms with Gasteiger partial charge in [0.05, 0.1) is 13.0 Å². The highest BCUT2D eigenvalue weighted by Crippen LogP contribution is 1.94. The highest BCUT2D eigenvalue weighted by Gasteiger charge is 2.08. The van der Waals surface area contributed by atoms with Crippen molar-refractivity contribution in [2.24, 2.45) is 7.05 Å². The second-order valence-electron chi connectivity index (χ2n) is 3.25. The fourth-order valence-electron chi connectivity index (χ4n) is 1.07. The van der Waals surface area contributed by atoms with Crippen molar-refractivity contribution in [2.45, 2.75) is 6.42 Å². The molecule has 0 aliphatic rings. The van der Waals surface area contributed by atoms with E-state index in [-0.39, 0.29) is 5.78 Å². The lowest BCUT2D eigenvalue weighted by atomic mass is 10.2. The predicted octanol–water partition coefficient (Wildman–Crippen LogP) is -0.512. The normalized spacial score (nSPS) is 10.8. The second-order valence-corrected chi connectivity index (χ2v) is 3.25. The molecule has 5 heteroatoms. The van der Waals surface area contributed by atoms with Crippen molar-refractivity contribution in [2.75, 3.05) is 20.6 Å². The predicted molar refractivity (Wildman–Crippen MR) is 48.3 cm³/mol. The molecule has 0 N–H and O–H groups in total. The zero-order valence-corrected chi connectivity index (χ0v) is 8.19. The Balaban J connectivity index is 2.50. The fraction of sp³-hybridized carbons (Fsp3) is 0.625. The van der Waals surface area contributed by atoms with Gasteiger partial charge in [0.2, 0.25) is 0 Å². The second kappa shape index (κ2) is 4.13. The molecule has 0 saturated heterocycles. The van der Waals surface area contributed by atoms with E-state index in [9.17, 15) is 4.79 Å². The van der Waals surface area contributed by atoms with Crippen molar-refractivity contribution in [3.05, 3.63) is 12.2 Å². The van der Waals surface area contributed by atoms with E-state index in [2.05, 4.69) is 10.1 Å². The highest BCUT2D eigenvalue weighted by molar-refractivity contribution is 5.82. The third-order valence-electron chi connectivity index (χ3n) is 1.65. The average molecular weight is 182 g/mol. The molecule has 1 rings (SSSR count). The molecule has 0 spiro atoms. The van der Waals surface area contributed by atoms with E-state index >= 15 is 0 Å². The number of Topliss-reactive ketones (excluding diaryl/α,β-unsaturated/α-hetero) is 1. The summed E-state index contributed by atoms with van der Waals surface area (Å²) in [6.07, 6.45) is 1.81. The van der Waals surface area contributed by atoms with Gasteiger partial charge >= 0.3 is 0 Å². The third kappa shape index (κ3) is 2.95. The summed E-state index contributed by atoms with van der Waals surface area (Å²) in [7, 11) is 5.52. The summed E-state index contributed by atoms with van der Waals surface area (Å²) in [5.74, 6) is 0.868. The SMILES string of the molecule is CN(C)CC(=O)Cc1ncnn1C. The number of hydrogen-bond acceptors (Lipinski definition) is 4. The maximum absolute atomic E-state index is 11.4. The average Bonchev–Trinajstić information content (AvgIpc) is 2.34. The number of rotatable bonds is 4. The molecule has 0 amide bonds. The van der Waals surface area contributed by atoms with E-state index in [4.69, 9.17) is 0 Å². The largest absolute Gasteiger partial charge is 0.302 e. The van der Waals surface area contributed by atoms with Gasteiger partial charge in [-0.25, -0.2) is 4.98 Å². The number of aromatic nitrogens is 3. The number of carbonyl (C=O) groups excluding carboxylic acids is 1. The van der Waals surface area contributed by atoms with Gasteiger partial charge in [-0.05, 0) is 14.1 Å². The van der Waals surface area contributed by atoms with Crippen molar-refractivity contribution in [1.29, 1.82) is 0 Å². The molecule has 0 atom stereocenters. The first kappa shape index (κ1) is 9.85. The van der Waals surface area contributed by atoms with Crippen LogP contribution in [0.4, 0.5) is 0 Å². The molecule has 0 aliphatic carbocycles. The van der Waals surface area contributed by atoms with Crippen molar-refractivity contribution in [1.82, 2.24) is 19.7 Å². The summed E-state index contributed by atoms with van der Waals surface area (Å²) in [6, 6.07) is 0. The molecule has 0 aromatic carbocycles. The van der Waals surface area contributed by atoms with E-state index in [1.165, 1.54) is 6.33 Å². The molecule has 0 fully saturated rings. The minimum atomic E-state index is 0.154. The standard InChI is InChI=1S/C8H14N4O/c1-11(2)5-7(13)4-8-9-6-10-12(8)3/h6H,4-5H2,1-3H3. The van der Waals surface area contributed by atoms with Gasteiger partial charge in [0.15, 0.2) is 5.78 Å². The number of likely N-dealkylation sites (N-methyl/N-ethyl adjacent to an activating group) is 1. The Morgan fingerprint density at radius 2 is 2.31 bits per heavy atom. The summed E-state index contributed by atoms with van der Waals surface area (Å²) in [5.41, 5.74) is 0. The summed E-state index contributed by atoms with van der Waals surface area (Å²) < 4.78 is 1.62. The molecular formula is C8H14N4O. The van der Waals surface area contributed by atoms with Gasteiger partial charge in [0, 0.05) is 7.05 Å². The van der Waals surface area contributed by atoms with Crippen LogP contribution in [0.3, 0.4) is 0 Å². The number of hydrogen-bond donors (Lipinski definition) is 0. The molecule has 1 heterocycles. The highest BCUT2D eigenvalue weighted by atomic mass is 16.1. The van der Waals surface area contributed by atoms with Crippen molar-refractivity contribution in [3.63, 3.8) is 0 Å². The van der Waals surface area contributed by atoms with Crippen LogP contribution in [-0.4, -0.2) is 46.1 Å². The zero-order chi connectivity index (χ0) is 9.84. The maximum atomic E-state index is 11.4. The molecule has 1 aromatic heterocycles. The van der Waals surface area contributed by atoms with Gasteiger partial charge in [-0.15, -0.1) is 0 Å². The summed E-state index contributed by atoms with van der Waals surface area (Å²) in [6.45, 7) is 0.451. The molecule has 0 radical (unpaired) electrons. The van der Waals surface area contributed by atoms with Gasteiger partial charge in [-0.2, -0.15) is 5.10 Å². The Morgan fingerprint density at radius 1 is 1.62 bits per heavy atom. The lowest BCUT2D eigenvalue weighted by Crippen LogP contribution is -2.24. The zero-order valence-electron chi connectivity index (χ0n) is 8.19. The third-order valence-corrected chi connectivity index (χ3v) is 1.65. The van der Waals surface area contributed by atoms with Crippen LogP contribution >= 0.6 is 0 Å². The number of carbonyl (C=O) groups is 1. The van der Waals surface area contributed by atoms with Crippen molar-refractivity contribution < 1.29 is 4.79 Å². The van der Waals surface area contributed by atoms with Gasteiger partial charge < -0.3 is 4.90 Å². The van der Waals surface area contributed by atoms with Crippen molar-refractivity contribution >= 4 is 5.78 Å². The molecule has 13 heavy (non-hydrogen) atoms. The van der Waals surface area contributed by atoms with Crippen LogP contribution in [-0.2, 0) is 18.3 Å². The van der Waals surface area contributed by atoms with E-state index in [1.54, 1.807) is 11.7 Å². The lowest BCUT2D eigenvalue weighted by Gasteiger charge is -2.07. The van der Waals surface area contributed by atoms with Crippen LogP contribution in [0.25, 0.3) is 0 Å². The molecule has 5 nitrogen and oxygen atoms in total. The smallest absolute Gasteiger partial charge is 0.154 e. The monoisotopic (exact) mass is 182 g/mol. The Hall–Kier alpha value is -1.23. The lowest BCUT2D eigenvalue weighted by molar-refractivity contribution is -0.119. The molecular weight excluding hydrogens is 168 g/mol. The topological polar surface area (TPSA) is 51.0 Å². The van der Waals surface area contributed by atoms with Crippen LogP contribution in [0.2, 0.25) is 0 Å². The summed E-state index contributed by atoms with van der Waals surface area (Å²) in [4.78, 5) is 17.2. The Labute approximate surface area is 77.4 Å². The van der Waals surface area contributed by atoms with E-state index in [1.807, 2.05) is 19.0 Å². The van der Waals surface area contributed by atoms with Crippen LogP contribution in [0.15, 0.2) is 6.33 Å². The fourth-order valence-corrected chi connectivity index (χ4v) is 1.07. The van der Waals surface area contributed by atoms with Crippen LogP contribution in [0, 0.1) is 0 Å². The molecule has 0 saturated carbocycles. The van der Waals surface area contributed by atoms with E-state index in [0.29, 0.717) is 18.8 Å². The van der Waals surface area contributed by atoms with Crippen LogP contribution in [0.5, 0.6) is 0 Å². The van der Waals surface area contributed by atoms with E-state index < -0.39 is 0 Å². The van der Waals surface area contributed by atoms with E-state index in [0.717, 1.165) is 0 Å². The van der Waals surface area contributed by atoms with Crippen molar-refractivity contribution in [3.8, 4) is 0 Å². The summed E-state index contributed by atoms with van der Waals surface area (Å²) >= 11 is 0.